The number of hydrogen-bond acceptors (Lipinski definition) is 4. The van der Waals surface area contributed by atoms with Crippen molar-refractivity contribution in [1.82, 2.24) is 0 Å². The van der Waals surface area contributed by atoms with Gasteiger partial charge in [0.1, 0.15) is 5.69 Å². The van der Waals surface area contributed by atoms with E-state index in [4.69, 9.17) is 5.11 Å². The number of hydrogen-bond donors (Lipinski definition) is 2. The highest BCUT2D eigenvalue weighted by Crippen LogP contribution is 2.32. The maximum atomic E-state index is 10.8. The van der Waals surface area contributed by atoms with Crippen molar-refractivity contribution in [1.29, 1.82) is 0 Å². The Bertz CT molecular complexity index is 382. The topological polar surface area (TPSA) is 75.4 Å². The maximum absolute atomic E-state index is 10.8. The number of nitro groups is 1. The maximum Gasteiger partial charge on any atom is 0.293 e. The van der Waals surface area contributed by atoms with Crippen LogP contribution in [0.5, 0.6) is 0 Å². The number of aliphatic hydroxyl groups is 1. The largest absolute Gasteiger partial charge is 0.392 e. The number of aliphatic hydroxyl groups excluding tert-OH is 1. The summed E-state index contributed by atoms with van der Waals surface area (Å²) in [6.07, 6.45) is 0. The van der Waals surface area contributed by atoms with E-state index < -0.39 is 4.92 Å². The average molecular weight is 275 g/mol. The van der Waals surface area contributed by atoms with Gasteiger partial charge in [-0.25, -0.2) is 0 Å². The van der Waals surface area contributed by atoms with Crippen LogP contribution in [-0.4, -0.2) is 16.6 Å². The molecule has 15 heavy (non-hydrogen) atoms. The molecule has 0 saturated heterocycles. The first-order valence-electron chi connectivity index (χ1n) is 4.41. The van der Waals surface area contributed by atoms with Gasteiger partial charge in [-0.3, -0.25) is 10.1 Å². The van der Waals surface area contributed by atoms with Crippen LogP contribution in [-0.2, 0) is 6.61 Å². The normalized spacial score (nSPS) is 10.1. The highest BCUT2D eigenvalue weighted by Gasteiger charge is 2.17. The zero-order valence-electron chi connectivity index (χ0n) is 8.16. The minimum absolute atomic E-state index is 0.0322. The molecule has 0 unspecified atom stereocenters. The second kappa shape index (κ2) is 5.09. The van der Waals surface area contributed by atoms with Crippen LogP contribution in [0.4, 0.5) is 11.4 Å². The Kier molecular flexibility index (Phi) is 4.05. The Balaban J connectivity index is 3.33. The van der Waals surface area contributed by atoms with Crippen LogP contribution in [0.25, 0.3) is 0 Å². The fourth-order valence-corrected chi connectivity index (χ4v) is 1.79. The van der Waals surface area contributed by atoms with E-state index in [-0.39, 0.29) is 12.3 Å². The molecule has 82 valence electrons. The minimum Gasteiger partial charge on any atom is -0.392 e. The van der Waals surface area contributed by atoms with Crippen LogP contribution in [0.15, 0.2) is 16.6 Å². The van der Waals surface area contributed by atoms with Crippen molar-refractivity contribution < 1.29 is 10.0 Å². The van der Waals surface area contributed by atoms with Gasteiger partial charge in [0.15, 0.2) is 0 Å². The van der Waals surface area contributed by atoms with Gasteiger partial charge >= 0.3 is 0 Å². The van der Waals surface area contributed by atoms with Crippen LogP contribution in [0.3, 0.4) is 0 Å². The molecule has 0 bridgehead atoms. The zero-order chi connectivity index (χ0) is 11.4. The molecule has 0 amide bonds. The van der Waals surface area contributed by atoms with Crippen molar-refractivity contribution >= 4 is 27.3 Å². The van der Waals surface area contributed by atoms with Gasteiger partial charge in [-0.15, -0.1) is 0 Å². The van der Waals surface area contributed by atoms with E-state index in [1.54, 1.807) is 6.07 Å². The van der Waals surface area contributed by atoms with E-state index in [0.717, 1.165) is 0 Å². The molecule has 0 aliphatic carbocycles. The van der Waals surface area contributed by atoms with Crippen LogP contribution < -0.4 is 5.32 Å². The molecule has 0 atom stereocenters. The van der Waals surface area contributed by atoms with E-state index in [0.29, 0.717) is 22.3 Å². The summed E-state index contributed by atoms with van der Waals surface area (Å²) in [5.74, 6) is 0. The predicted molar refractivity (Wildman–Crippen MR) is 60.9 cm³/mol. The molecule has 5 nitrogen and oxygen atoms in total. The molecule has 0 saturated carbocycles. The van der Waals surface area contributed by atoms with E-state index in [9.17, 15) is 10.1 Å². The first-order chi connectivity index (χ1) is 7.10. The molecule has 0 fully saturated rings. The Morgan fingerprint density at radius 2 is 2.27 bits per heavy atom. The first-order valence-corrected chi connectivity index (χ1v) is 5.21. The number of anilines is 1. The highest BCUT2D eigenvalue weighted by atomic mass is 79.9. The molecule has 1 aromatic carbocycles. The summed E-state index contributed by atoms with van der Waals surface area (Å²) < 4.78 is 0.583. The third-order valence-corrected chi connectivity index (χ3v) is 2.34. The fraction of sp³-hybridized carbons (Fsp3) is 0.333. The molecule has 2 N–H and O–H groups in total. The quantitative estimate of drug-likeness (QED) is 0.653. The summed E-state index contributed by atoms with van der Waals surface area (Å²) in [7, 11) is 0. The first kappa shape index (κ1) is 11.9. The summed E-state index contributed by atoms with van der Waals surface area (Å²) in [6.45, 7) is 2.17. The lowest BCUT2D eigenvalue weighted by molar-refractivity contribution is -0.384. The monoisotopic (exact) mass is 274 g/mol. The second-order valence-corrected chi connectivity index (χ2v) is 3.82. The van der Waals surface area contributed by atoms with Crippen LogP contribution in [0.1, 0.15) is 12.5 Å². The third-order valence-electron chi connectivity index (χ3n) is 1.88. The lowest BCUT2D eigenvalue weighted by Crippen LogP contribution is -2.05. The van der Waals surface area contributed by atoms with Crippen molar-refractivity contribution in [3.63, 3.8) is 0 Å². The van der Waals surface area contributed by atoms with Crippen LogP contribution in [0.2, 0.25) is 0 Å². The molecule has 0 radical (unpaired) electrons. The van der Waals surface area contributed by atoms with Gasteiger partial charge in [-0.2, -0.15) is 0 Å². The molecule has 0 aromatic heterocycles. The van der Waals surface area contributed by atoms with Gasteiger partial charge in [-0.05, 0) is 13.0 Å². The molecule has 0 heterocycles. The number of nitrogens with zero attached hydrogens (tertiary/aromatic N) is 1. The molecular weight excluding hydrogens is 264 g/mol. The van der Waals surface area contributed by atoms with Crippen LogP contribution >= 0.6 is 15.9 Å². The summed E-state index contributed by atoms with van der Waals surface area (Å²) in [6, 6.07) is 3.07. The van der Waals surface area contributed by atoms with Crippen molar-refractivity contribution in [3.05, 3.63) is 32.3 Å². The van der Waals surface area contributed by atoms with Gasteiger partial charge in [-0.1, -0.05) is 15.9 Å². The molecule has 0 aliphatic heterocycles. The van der Waals surface area contributed by atoms with E-state index in [1.165, 1.54) is 6.07 Å². The van der Waals surface area contributed by atoms with Crippen molar-refractivity contribution in [2.45, 2.75) is 13.5 Å². The highest BCUT2D eigenvalue weighted by molar-refractivity contribution is 9.10. The SMILES string of the molecule is CCNc1c(CO)cc(Br)cc1[N+](=O)[O-]. The summed E-state index contributed by atoms with van der Waals surface area (Å²) >= 11 is 3.16. The van der Waals surface area contributed by atoms with E-state index >= 15 is 0 Å². The molecular formula is C9H11BrN2O3. The molecule has 0 aliphatic rings. The minimum atomic E-state index is -0.470. The van der Waals surface area contributed by atoms with Gasteiger partial charge < -0.3 is 10.4 Å². The number of rotatable bonds is 4. The Labute approximate surface area is 95.4 Å². The van der Waals surface area contributed by atoms with E-state index in [2.05, 4.69) is 21.2 Å². The number of nitro benzene ring substituents is 1. The second-order valence-electron chi connectivity index (χ2n) is 2.90. The Morgan fingerprint density at radius 1 is 1.60 bits per heavy atom. The summed E-state index contributed by atoms with van der Waals surface area (Å²) in [5.41, 5.74) is 0.862. The Morgan fingerprint density at radius 3 is 2.73 bits per heavy atom. The van der Waals surface area contributed by atoms with Gasteiger partial charge in [0, 0.05) is 22.6 Å². The van der Waals surface area contributed by atoms with Gasteiger partial charge in [0.25, 0.3) is 5.69 Å². The van der Waals surface area contributed by atoms with Crippen molar-refractivity contribution in [3.8, 4) is 0 Å². The third kappa shape index (κ3) is 2.66. The van der Waals surface area contributed by atoms with Gasteiger partial charge in [0.2, 0.25) is 0 Å². The number of nitrogens with one attached hydrogen (secondary N) is 1. The molecule has 6 heteroatoms. The smallest absolute Gasteiger partial charge is 0.293 e. The average Bonchev–Trinajstić information content (AvgIpc) is 2.19. The molecule has 0 spiro atoms. The summed E-state index contributed by atoms with van der Waals surface area (Å²) in [4.78, 5) is 10.3. The van der Waals surface area contributed by atoms with Crippen LogP contribution in [0, 0.1) is 10.1 Å². The number of benzene rings is 1. The van der Waals surface area contributed by atoms with Crippen molar-refractivity contribution in [2.24, 2.45) is 0 Å². The Hall–Kier alpha value is -1.14. The lowest BCUT2D eigenvalue weighted by Gasteiger charge is -2.09. The molecule has 1 aromatic rings. The fourth-order valence-electron chi connectivity index (χ4n) is 1.30. The van der Waals surface area contributed by atoms with E-state index in [1.807, 2.05) is 6.92 Å². The van der Waals surface area contributed by atoms with Gasteiger partial charge in [0.05, 0.1) is 11.5 Å². The zero-order valence-corrected chi connectivity index (χ0v) is 9.74. The lowest BCUT2D eigenvalue weighted by atomic mass is 10.1. The predicted octanol–water partition coefficient (Wildman–Crippen LogP) is 2.28. The summed E-state index contributed by atoms with van der Waals surface area (Å²) in [5, 5.41) is 22.8. The number of halogens is 1. The van der Waals surface area contributed by atoms with Crippen molar-refractivity contribution in [2.75, 3.05) is 11.9 Å². The standard InChI is InChI=1S/C9H11BrN2O3/c1-2-11-9-6(5-13)3-7(10)4-8(9)12(14)15/h3-4,11,13H,2,5H2,1H3. The molecule has 1 rings (SSSR count).